The summed E-state index contributed by atoms with van der Waals surface area (Å²) in [5, 5.41) is 21.4. The maximum atomic E-state index is 13.1. The second kappa shape index (κ2) is 7.99. The van der Waals surface area contributed by atoms with Crippen molar-refractivity contribution in [2.75, 3.05) is 12.0 Å². The highest BCUT2D eigenvalue weighted by Crippen LogP contribution is 2.44. The first-order valence-electron chi connectivity index (χ1n) is 9.72. The van der Waals surface area contributed by atoms with Crippen LogP contribution < -0.4 is 9.64 Å². The molecular formula is C25H21NO5. The Morgan fingerprint density at radius 1 is 0.935 bits per heavy atom. The van der Waals surface area contributed by atoms with E-state index >= 15 is 0 Å². The summed E-state index contributed by atoms with van der Waals surface area (Å²) in [6.45, 7) is 1.91. The number of rotatable bonds is 4. The van der Waals surface area contributed by atoms with E-state index in [9.17, 15) is 19.8 Å². The van der Waals surface area contributed by atoms with Crippen LogP contribution in [-0.2, 0) is 9.59 Å². The topological polar surface area (TPSA) is 87.1 Å². The predicted octanol–water partition coefficient (Wildman–Crippen LogP) is 4.34. The van der Waals surface area contributed by atoms with Gasteiger partial charge in [-0.2, -0.15) is 0 Å². The van der Waals surface area contributed by atoms with Crippen LogP contribution in [0.15, 0.2) is 78.4 Å². The van der Waals surface area contributed by atoms with Gasteiger partial charge in [-0.05, 0) is 36.8 Å². The molecule has 4 rings (SSSR count). The highest BCUT2D eigenvalue weighted by molar-refractivity contribution is 6.51. The van der Waals surface area contributed by atoms with Gasteiger partial charge >= 0.3 is 0 Å². The van der Waals surface area contributed by atoms with Crippen LogP contribution in [-0.4, -0.2) is 29.0 Å². The van der Waals surface area contributed by atoms with Gasteiger partial charge in [0.2, 0.25) is 0 Å². The number of anilines is 1. The summed E-state index contributed by atoms with van der Waals surface area (Å²) in [7, 11) is 1.54. The molecule has 1 saturated heterocycles. The second-order valence-electron chi connectivity index (χ2n) is 7.30. The molecule has 0 aliphatic carbocycles. The number of nitrogens with zero attached hydrogens (tertiary/aromatic N) is 1. The summed E-state index contributed by atoms with van der Waals surface area (Å²) in [6, 6.07) is 19.3. The number of aliphatic hydroxyl groups is 1. The standard InChI is InChI=1S/C25H21NO5/c1-15-7-9-17(10-8-15)23(28)21-22(16-11-13-18(31-2)14-12-16)26(25(30)24(21)29)19-5-3-4-6-20(19)27/h3-14,22,27-28H,1-2H3/b23-21+. The van der Waals surface area contributed by atoms with Crippen LogP contribution in [0.2, 0.25) is 0 Å². The lowest BCUT2D eigenvalue weighted by molar-refractivity contribution is -0.132. The number of ketones is 1. The van der Waals surface area contributed by atoms with Crippen LogP contribution in [0.5, 0.6) is 11.5 Å². The Hall–Kier alpha value is -4.06. The van der Waals surface area contributed by atoms with Gasteiger partial charge in [-0.1, -0.05) is 54.1 Å². The molecule has 31 heavy (non-hydrogen) atoms. The second-order valence-corrected chi connectivity index (χ2v) is 7.30. The number of methoxy groups -OCH3 is 1. The minimum absolute atomic E-state index is 0.0396. The molecular weight excluding hydrogens is 394 g/mol. The van der Waals surface area contributed by atoms with Crippen LogP contribution >= 0.6 is 0 Å². The van der Waals surface area contributed by atoms with Crippen molar-refractivity contribution >= 4 is 23.1 Å². The van der Waals surface area contributed by atoms with E-state index in [-0.39, 0.29) is 22.8 Å². The van der Waals surface area contributed by atoms with Gasteiger partial charge in [0, 0.05) is 5.56 Å². The van der Waals surface area contributed by atoms with Gasteiger partial charge in [0.25, 0.3) is 11.7 Å². The molecule has 1 aliphatic rings. The Morgan fingerprint density at radius 3 is 2.19 bits per heavy atom. The number of carbonyl (C=O) groups excluding carboxylic acids is 2. The molecule has 2 N–H and O–H groups in total. The number of amides is 1. The summed E-state index contributed by atoms with van der Waals surface area (Å²) < 4.78 is 5.21. The Kier molecular flexibility index (Phi) is 5.21. The predicted molar refractivity (Wildman–Crippen MR) is 117 cm³/mol. The largest absolute Gasteiger partial charge is 0.507 e. The van der Waals surface area contributed by atoms with Gasteiger partial charge in [0.15, 0.2) is 0 Å². The molecule has 6 heteroatoms. The number of hydrogen-bond acceptors (Lipinski definition) is 5. The minimum Gasteiger partial charge on any atom is -0.507 e. The zero-order valence-corrected chi connectivity index (χ0v) is 17.1. The quantitative estimate of drug-likeness (QED) is 0.376. The first-order chi connectivity index (χ1) is 14.9. The number of phenolic OH excluding ortho intramolecular Hbond substituents is 1. The van der Waals surface area contributed by atoms with E-state index in [2.05, 4.69) is 0 Å². The molecule has 1 heterocycles. The van der Waals surface area contributed by atoms with E-state index in [1.165, 1.54) is 11.0 Å². The van der Waals surface area contributed by atoms with Crippen LogP contribution in [0.25, 0.3) is 5.76 Å². The Labute approximate surface area is 179 Å². The van der Waals surface area contributed by atoms with Crippen LogP contribution in [0.1, 0.15) is 22.7 Å². The lowest BCUT2D eigenvalue weighted by Crippen LogP contribution is -2.29. The fourth-order valence-electron chi connectivity index (χ4n) is 3.72. The SMILES string of the molecule is COc1ccc(C2/C(=C(\O)c3ccc(C)cc3)C(=O)C(=O)N2c2ccccc2O)cc1. The van der Waals surface area contributed by atoms with Crippen LogP contribution in [0, 0.1) is 6.92 Å². The van der Waals surface area contributed by atoms with Crippen molar-refractivity contribution in [2.45, 2.75) is 13.0 Å². The molecule has 6 nitrogen and oxygen atoms in total. The summed E-state index contributed by atoms with van der Waals surface area (Å²) >= 11 is 0. The molecule has 0 bridgehead atoms. The third kappa shape index (κ3) is 3.53. The van der Waals surface area contributed by atoms with E-state index in [0.717, 1.165) is 5.56 Å². The van der Waals surface area contributed by atoms with Crippen molar-refractivity contribution in [2.24, 2.45) is 0 Å². The number of phenols is 1. The van der Waals surface area contributed by atoms with Crippen molar-refractivity contribution in [3.05, 3.63) is 95.1 Å². The number of carbonyl (C=O) groups is 2. The smallest absolute Gasteiger partial charge is 0.300 e. The highest BCUT2D eigenvalue weighted by atomic mass is 16.5. The maximum Gasteiger partial charge on any atom is 0.300 e. The summed E-state index contributed by atoms with van der Waals surface area (Å²) in [4.78, 5) is 27.4. The van der Waals surface area contributed by atoms with Crippen LogP contribution in [0.3, 0.4) is 0 Å². The number of hydrogen-bond donors (Lipinski definition) is 2. The van der Waals surface area contributed by atoms with Gasteiger partial charge in [-0.3, -0.25) is 14.5 Å². The summed E-state index contributed by atoms with van der Waals surface area (Å²) in [5.41, 5.74) is 2.17. The molecule has 156 valence electrons. The van der Waals surface area contributed by atoms with Gasteiger partial charge in [-0.15, -0.1) is 0 Å². The molecule has 0 aromatic heterocycles. The number of aryl methyl sites for hydroxylation is 1. The fraction of sp³-hybridized carbons (Fsp3) is 0.120. The first kappa shape index (κ1) is 20.2. The number of para-hydroxylation sites is 2. The molecule has 1 fully saturated rings. The molecule has 0 spiro atoms. The van der Waals surface area contributed by atoms with Crippen molar-refractivity contribution in [1.82, 2.24) is 0 Å². The molecule has 1 atom stereocenters. The van der Waals surface area contributed by atoms with Crippen LogP contribution in [0.4, 0.5) is 5.69 Å². The lowest BCUT2D eigenvalue weighted by Gasteiger charge is -2.26. The third-order valence-electron chi connectivity index (χ3n) is 5.34. The average molecular weight is 415 g/mol. The van der Waals surface area contributed by atoms with Crippen molar-refractivity contribution < 1.29 is 24.5 Å². The number of Topliss-reactive ketones (excluding diaryl/α,β-unsaturated/α-hetero) is 1. The van der Waals surface area contributed by atoms with E-state index in [0.29, 0.717) is 16.9 Å². The number of benzene rings is 3. The third-order valence-corrected chi connectivity index (χ3v) is 5.34. The fourth-order valence-corrected chi connectivity index (χ4v) is 3.72. The number of ether oxygens (including phenoxy) is 1. The van der Waals surface area contributed by atoms with E-state index in [4.69, 9.17) is 4.74 Å². The van der Waals surface area contributed by atoms with E-state index in [1.807, 2.05) is 19.1 Å². The van der Waals surface area contributed by atoms with Gasteiger partial charge in [0.05, 0.1) is 24.4 Å². The van der Waals surface area contributed by atoms with E-state index in [1.54, 1.807) is 61.7 Å². The first-order valence-corrected chi connectivity index (χ1v) is 9.72. The average Bonchev–Trinajstić information content (AvgIpc) is 3.05. The molecule has 1 amide bonds. The Morgan fingerprint density at radius 2 is 1.58 bits per heavy atom. The molecule has 1 unspecified atom stereocenters. The van der Waals surface area contributed by atoms with E-state index < -0.39 is 17.7 Å². The molecule has 0 saturated carbocycles. The molecule has 1 aliphatic heterocycles. The lowest BCUT2D eigenvalue weighted by atomic mass is 9.94. The van der Waals surface area contributed by atoms with Gasteiger partial charge in [-0.25, -0.2) is 0 Å². The summed E-state index contributed by atoms with van der Waals surface area (Å²) in [6.07, 6.45) is 0. The Balaban J connectivity index is 1.95. The highest BCUT2D eigenvalue weighted by Gasteiger charge is 2.47. The Bertz CT molecular complexity index is 1180. The molecule has 0 radical (unpaired) electrons. The normalized spacial score (nSPS) is 17.7. The van der Waals surface area contributed by atoms with Gasteiger partial charge < -0.3 is 14.9 Å². The zero-order chi connectivity index (χ0) is 22.1. The molecule has 3 aromatic carbocycles. The van der Waals surface area contributed by atoms with Crippen molar-refractivity contribution in [1.29, 1.82) is 0 Å². The number of aromatic hydroxyl groups is 1. The zero-order valence-electron chi connectivity index (χ0n) is 17.1. The van der Waals surface area contributed by atoms with Gasteiger partial charge in [0.1, 0.15) is 17.3 Å². The van der Waals surface area contributed by atoms with Crippen molar-refractivity contribution in [3.63, 3.8) is 0 Å². The number of aliphatic hydroxyl groups excluding tert-OH is 1. The monoisotopic (exact) mass is 415 g/mol. The van der Waals surface area contributed by atoms with Crippen molar-refractivity contribution in [3.8, 4) is 11.5 Å². The minimum atomic E-state index is -0.916. The maximum absolute atomic E-state index is 13.1. The molecule has 3 aromatic rings. The summed E-state index contributed by atoms with van der Waals surface area (Å²) in [5.74, 6) is -1.43.